The van der Waals surface area contributed by atoms with Gasteiger partial charge < -0.3 is 43.8 Å². The van der Waals surface area contributed by atoms with E-state index in [9.17, 15) is 31.2 Å². The second kappa shape index (κ2) is 28.7. The molecular weight excluding hydrogens is 1750 g/mol. The highest BCUT2D eigenvalue weighted by Crippen LogP contribution is 2.63. The number of nitrogens with zero attached hydrogens (tertiary/aromatic N) is 16. The molecule has 0 amide bonds. The molecule has 0 saturated heterocycles. The van der Waals surface area contributed by atoms with Crippen LogP contribution in [0.2, 0.25) is 30.5 Å². The first-order valence-corrected chi connectivity index (χ1v) is 44.5. The number of hydrogen-bond donors (Lipinski definition) is 5. The fourth-order valence-corrected chi connectivity index (χ4v) is 22.1. The largest absolute Gasteiger partial charge is 0.383 e. The number of aromatic nitrogens is 19. The van der Waals surface area contributed by atoms with Crippen molar-refractivity contribution in [2.75, 3.05) is 35.2 Å². The van der Waals surface area contributed by atoms with Crippen LogP contribution in [0.25, 0.3) is 95.2 Å². The van der Waals surface area contributed by atoms with Crippen molar-refractivity contribution in [3.63, 3.8) is 0 Å². The Morgan fingerprint density at radius 3 is 1.27 bits per heavy atom. The SMILES string of the molecule is Cc1noc2cc(-c3nc(C4C5CC5c5cc(-c6cc(Cl)ccc6-n6cc(Cl)nn6)cc(=O)n54)[nH]c3F)ccc12.O=c1cc(-c2cc(Cl)ccc2-n2cc(Cl)nn2)cc2n1C(c1nc(-c3ccc4c(c3)S(=O)(=O)CCN4)c(F)[nH]1)C1CC21.O=c1cc(-c2cc(Cl)ccc2-n2cc(Cl)nn2)cc2n1C(c1ncc(-c3ccc4c(c3)S(=O)(=O)CCN4)[nH]1)C1CC21. The fraction of sp³-hybridized carbons (Fsp3) is 0.202. The lowest BCUT2D eigenvalue weighted by Crippen LogP contribution is -2.26. The summed E-state index contributed by atoms with van der Waals surface area (Å²) in [5, 5.41) is 37.1. The highest BCUT2D eigenvalue weighted by Gasteiger charge is 2.57. The highest BCUT2D eigenvalue weighted by atomic mass is 35.5. The lowest BCUT2D eigenvalue weighted by atomic mass is 10.0. The van der Waals surface area contributed by atoms with Crippen molar-refractivity contribution in [3.05, 3.63) is 284 Å². The summed E-state index contributed by atoms with van der Waals surface area (Å²) in [6, 6.07) is 41.0. The summed E-state index contributed by atoms with van der Waals surface area (Å²) in [6.45, 7) is 2.57. The van der Waals surface area contributed by atoms with Gasteiger partial charge in [0.2, 0.25) is 11.9 Å². The first-order chi connectivity index (χ1) is 59.3. The molecule has 3 fully saturated rings. The van der Waals surface area contributed by atoms with Crippen molar-refractivity contribution in [2.24, 2.45) is 17.8 Å². The van der Waals surface area contributed by atoms with Crippen LogP contribution in [0.15, 0.2) is 199 Å². The third-order valence-corrected chi connectivity index (χ3v) is 29.0. The average Bonchev–Trinajstić information content (AvgIpc) is 1.55. The summed E-state index contributed by atoms with van der Waals surface area (Å²) in [5.41, 5.74) is 13.3. The highest BCUT2D eigenvalue weighted by molar-refractivity contribution is 7.92. The summed E-state index contributed by atoms with van der Waals surface area (Å²) < 4.78 is 96.2. The second-order valence-corrected chi connectivity index (χ2v) is 38.2. The number of halogens is 8. The summed E-state index contributed by atoms with van der Waals surface area (Å²) in [4.78, 5) is 64.2. The van der Waals surface area contributed by atoms with Gasteiger partial charge in [-0.2, -0.15) is 8.78 Å². The van der Waals surface area contributed by atoms with Crippen LogP contribution < -0.4 is 27.3 Å². The topological polar surface area (TPSA) is 363 Å². The molecule has 10 aromatic heterocycles. The van der Waals surface area contributed by atoms with E-state index in [1.165, 1.54) is 16.8 Å². The van der Waals surface area contributed by atoms with E-state index in [4.69, 9.17) is 74.1 Å². The van der Waals surface area contributed by atoms with E-state index in [-0.39, 0.29) is 101 Å². The number of nitrogens with one attached hydrogen (secondary N) is 5. The van der Waals surface area contributed by atoms with E-state index in [0.29, 0.717) is 118 Å². The van der Waals surface area contributed by atoms with Gasteiger partial charge in [-0.05, 0) is 170 Å². The van der Waals surface area contributed by atoms with Crippen LogP contribution in [0.3, 0.4) is 0 Å². The van der Waals surface area contributed by atoms with E-state index in [0.717, 1.165) is 69.7 Å². The Morgan fingerprint density at radius 1 is 0.447 bits per heavy atom. The molecule has 3 saturated carbocycles. The fourth-order valence-electron chi connectivity index (χ4n) is 18.5. The van der Waals surface area contributed by atoms with E-state index < -0.39 is 43.7 Å². The van der Waals surface area contributed by atoms with Crippen LogP contribution in [-0.4, -0.2) is 135 Å². The van der Waals surface area contributed by atoms with E-state index >= 15 is 8.78 Å². The van der Waals surface area contributed by atoms with E-state index in [2.05, 4.69) is 76.6 Å². The van der Waals surface area contributed by atoms with Crippen molar-refractivity contribution in [1.29, 1.82) is 0 Å². The van der Waals surface area contributed by atoms with Crippen LogP contribution >= 0.6 is 69.6 Å². The van der Waals surface area contributed by atoms with Crippen molar-refractivity contribution in [2.45, 2.75) is 71.9 Å². The van der Waals surface area contributed by atoms with E-state index in [1.54, 1.807) is 134 Å². The molecule has 16 aromatic rings. The molecule has 8 aliphatic rings. The smallest absolute Gasteiger partial charge is 0.252 e. The van der Waals surface area contributed by atoms with Crippen LogP contribution in [-0.2, 0) is 19.7 Å². The molecule has 9 atom stereocenters. The quantitative estimate of drug-likeness (QED) is 0.0758. The maximum absolute atomic E-state index is 15.3. The minimum atomic E-state index is -3.48. The number of benzene rings is 6. The Morgan fingerprint density at radius 2 is 0.846 bits per heavy atom. The van der Waals surface area contributed by atoms with Crippen LogP contribution in [0.1, 0.15) is 95.4 Å². The Kier molecular flexibility index (Phi) is 17.9. The normalized spacial score (nSPS) is 20.7. The Bertz CT molecular complexity index is 7660. The molecule has 0 radical (unpaired) electrons. The zero-order valence-corrected chi connectivity index (χ0v) is 69.7. The molecule has 5 N–H and O–H groups in total. The van der Waals surface area contributed by atoms with Gasteiger partial charge in [-0.1, -0.05) is 109 Å². The number of rotatable bonds is 12. The maximum Gasteiger partial charge on any atom is 0.252 e. The second-order valence-electron chi connectivity index (χ2n) is 31.6. The molecule has 6 aromatic carbocycles. The zero-order valence-electron chi connectivity index (χ0n) is 63.6. The number of aromatic amines is 3. The lowest BCUT2D eigenvalue weighted by Gasteiger charge is -2.19. The number of anilines is 2. The van der Waals surface area contributed by atoms with Crippen molar-refractivity contribution >= 4 is 112 Å². The number of fused-ring (bicyclic) bond motifs is 12. The monoisotopic (exact) mass is 1800 g/mol. The molecule has 5 aliphatic heterocycles. The van der Waals surface area contributed by atoms with Gasteiger partial charge in [0.1, 0.15) is 28.9 Å². The standard InChI is InChI=1S/C28H20Cl2FN7O3S.C28H18Cl2FN7O2.C28H21Cl2N7O3S/c29-15-2-4-20(37-12-23(30)35-36-37)16(10-15)14-7-21-17-11-18(17)26(38(21)24(39)9-14)28-33-25(27(31)34-28)13-1-3-19-22(8-13)42(40,41)6-5-32-19;1-12-16-4-2-13(7-22(16)40-35-12)25-27(31)33-28(32-25)26-19-10-18(19)21-6-14(8-24(39)38(21)26)17-9-15(29)3-5-20(17)37-11-23(30)34-36-37;29-16-2-4-22(36-13-25(30)34-35-36)17(10-16)15-7-23-18-11-19(18)27(37(23)26(38)9-15)28-32-12-21(33-28)14-1-3-20-24(8-14)41(39,40)6-5-31-20/h1-4,7-10,12,17-18,26,32H,5-6,11H2,(H,33,34);2-9,11,18-19,26H,10H2,1H3,(H,32,33);1-4,7-10,12-13,18-19,27,31H,5-6,11H2,(H,32,33). The molecule has 29 nitrogen and oxygen atoms in total. The van der Waals surface area contributed by atoms with Crippen molar-refractivity contribution < 1.29 is 30.1 Å². The lowest BCUT2D eigenvalue weighted by molar-refractivity contribution is 0.450. The van der Waals surface area contributed by atoms with Gasteiger partial charge in [0, 0.05) is 120 Å². The molecule has 3 aliphatic carbocycles. The van der Waals surface area contributed by atoms with Crippen LogP contribution in [0.5, 0.6) is 0 Å². The summed E-state index contributed by atoms with van der Waals surface area (Å²) in [6.07, 6.45) is 9.13. The molecular formula is C84H59Cl6F2N21O8S2. The predicted octanol–water partition coefficient (Wildman–Crippen LogP) is 15.6. The number of aryl methyl sites for hydroxylation is 1. The molecule has 24 rings (SSSR count). The number of imidazole rings is 3. The Balaban J connectivity index is 0.000000110. The molecule has 123 heavy (non-hydrogen) atoms. The third-order valence-electron chi connectivity index (χ3n) is 24.3. The van der Waals surface area contributed by atoms with Crippen LogP contribution in [0, 0.1) is 36.6 Å². The van der Waals surface area contributed by atoms with Gasteiger partial charge in [0.25, 0.3) is 16.7 Å². The summed E-state index contributed by atoms with van der Waals surface area (Å²) in [5.74, 6) is 1.21. The Hall–Kier alpha value is -12.2. The van der Waals surface area contributed by atoms with Crippen molar-refractivity contribution in [3.8, 4) is 84.2 Å². The minimum absolute atomic E-state index is 0.0129. The first kappa shape index (κ1) is 76.9. The third kappa shape index (κ3) is 13.2. The van der Waals surface area contributed by atoms with Crippen LogP contribution in [0.4, 0.5) is 20.2 Å². The first-order valence-electron chi connectivity index (χ1n) is 38.9. The number of pyridine rings is 3. The van der Waals surface area contributed by atoms with Gasteiger partial charge in [-0.3, -0.25) is 14.4 Å². The molecule has 0 bridgehead atoms. The molecule has 39 heteroatoms. The van der Waals surface area contributed by atoms with Gasteiger partial charge in [0.15, 0.2) is 40.7 Å². The summed E-state index contributed by atoms with van der Waals surface area (Å²) in [7, 11) is -6.83. The number of H-pyrrole nitrogens is 3. The zero-order chi connectivity index (χ0) is 84.2. The van der Waals surface area contributed by atoms with Gasteiger partial charge in [0.05, 0.1) is 104 Å². The van der Waals surface area contributed by atoms with Gasteiger partial charge >= 0.3 is 0 Å². The number of sulfone groups is 2. The molecule has 15 heterocycles. The molecule has 616 valence electrons. The molecule has 0 spiro atoms. The van der Waals surface area contributed by atoms with Gasteiger partial charge in [-0.15, -0.1) is 15.3 Å². The van der Waals surface area contributed by atoms with E-state index in [1.807, 2.05) is 54.0 Å². The average molecular weight is 1810 g/mol. The number of hydrogen-bond acceptors (Lipinski definition) is 20. The maximum atomic E-state index is 15.3. The molecule has 9 unspecified atom stereocenters. The predicted molar refractivity (Wildman–Crippen MR) is 456 cm³/mol. The summed E-state index contributed by atoms with van der Waals surface area (Å²) >= 11 is 37.1. The Labute approximate surface area is 723 Å². The van der Waals surface area contributed by atoms with Gasteiger partial charge in [-0.25, -0.2) is 45.8 Å². The van der Waals surface area contributed by atoms with Crippen molar-refractivity contribution in [1.82, 2.24) is 93.7 Å². The minimum Gasteiger partial charge on any atom is -0.383 e.